The van der Waals surface area contributed by atoms with Crippen molar-refractivity contribution >= 4 is 27.7 Å². The van der Waals surface area contributed by atoms with Crippen molar-refractivity contribution < 1.29 is 0 Å². The van der Waals surface area contributed by atoms with Crippen LogP contribution >= 0.6 is 27.7 Å². The standard InChI is InChI=1S/C12H15BrN4S/c1-2-17-11(7-14)15-16-12(17)18-8-9-4-3-5-10(13)6-9/h3-6H,2,7-8,14H2,1H3. The Morgan fingerprint density at radius 2 is 2.22 bits per heavy atom. The van der Waals surface area contributed by atoms with Gasteiger partial charge < -0.3 is 10.3 Å². The summed E-state index contributed by atoms with van der Waals surface area (Å²) in [6.07, 6.45) is 0. The Morgan fingerprint density at radius 3 is 2.89 bits per heavy atom. The van der Waals surface area contributed by atoms with E-state index in [1.54, 1.807) is 11.8 Å². The summed E-state index contributed by atoms with van der Waals surface area (Å²) in [7, 11) is 0. The maximum atomic E-state index is 5.63. The van der Waals surface area contributed by atoms with Crippen molar-refractivity contribution in [2.75, 3.05) is 0 Å². The summed E-state index contributed by atoms with van der Waals surface area (Å²) < 4.78 is 3.16. The highest BCUT2D eigenvalue weighted by molar-refractivity contribution is 9.10. The third-order valence-corrected chi connectivity index (χ3v) is 4.08. The molecule has 2 N–H and O–H groups in total. The monoisotopic (exact) mass is 326 g/mol. The first-order chi connectivity index (χ1) is 8.74. The van der Waals surface area contributed by atoms with Crippen molar-refractivity contribution in [3.63, 3.8) is 0 Å². The van der Waals surface area contributed by atoms with E-state index in [-0.39, 0.29) is 0 Å². The molecule has 0 fully saturated rings. The highest BCUT2D eigenvalue weighted by atomic mass is 79.9. The largest absolute Gasteiger partial charge is 0.324 e. The van der Waals surface area contributed by atoms with E-state index in [0.717, 1.165) is 27.8 Å². The van der Waals surface area contributed by atoms with Gasteiger partial charge in [-0.3, -0.25) is 0 Å². The van der Waals surface area contributed by atoms with Crippen molar-refractivity contribution in [3.8, 4) is 0 Å². The highest BCUT2D eigenvalue weighted by Gasteiger charge is 2.09. The molecule has 0 amide bonds. The van der Waals surface area contributed by atoms with Gasteiger partial charge in [0.05, 0.1) is 6.54 Å². The third kappa shape index (κ3) is 3.13. The van der Waals surface area contributed by atoms with Gasteiger partial charge in [0.1, 0.15) is 5.82 Å². The molecule has 0 aliphatic carbocycles. The first-order valence-electron chi connectivity index (χ1n) is 5.74. The molecular formula is C12H15BrN4S. The first-order valence-corrected chi connectivity index (χ1v) is 7.51. The minimum atomic E-state index is 0.429. The Balaban J connectivity index is 2.08. The molecule has 0 aliphatic rings. The minimum absolute atomic E-state index is 0.429. The molecule has 1 heterocycles. The molecule has 18 heavy (non-hydrogen) atoms. The lowest BCUT2D eigenvalue weighted by molar-refractivity contribution is 0.643. The fourth-order valence-electron chi connectivity index (χ4n) is 1.67. The second-order valence-corrected chi connectivity index (χ2v) is 5.62. The lowest BCUT2D eigenvalue weighted by atomic mass is 10.2. The van der Waals surface area contributed by atoms with Crippen LogP contribution in [0.15, 0.2) is 33.9 Å². The van der Waals surface area contributed by atoms with E-state index in [9.17, 15) is 0 Å². The van der Waals surface area contributed by atoms with E-state index in [2.05, 4.69) is 49.8 Å². The number of rotatable bonds is 5. The van der Waals surface area contributed by atoms with E-state index in [1.807, 2.05) is 12.1 Å². The molecular weight excluding hydrogens is 312 g/mol. The van der Waals surface area contributed by atoms with Gasteiger partial charge in [-0.25, -0.2) is 0 Å². The van der Waals surface area contributed by atoms with Crippen LogP contribution in [0.4, 0.5) is 0 Å². The van der Waals surface area contributed by atoms with Crippen LogP contribution in [-0.2, 0) is 18.8 Å². The van der Waals surface area contributed by atoms with Gasteiger partial charge in [-0.2, -0.15) is 0 Å². The molecule has 96 valence electrons. The molecule has 0 saturated heterocycles. The van der Waals surface area contributed by atoms with Crippen LogP contribution in [0.3, 0.4) is 0 Å². The summed E-state index contributed by atoms with van der Waals surface area (Å²) in [5, 5.41) is 9.20. The molecule has 1 aromatic carbocycles. The molecule has 0 saturated carbocycles. The van der Waals surface area contributed by atoms with Crippen molar-refractivity contribution in [1.82, 2.24) is 14.8 Å². The van der Waals surface area contributed by atoms with Crippen molar-refractivity contribution in [3.05, 3.63) is 40.1 Å². The second kappa shape index (κ2) is 6.36. The van der Waals surface area contributed by atoms with Crippen molar-refractivity contribution in [2.45, 2.75) is 30.9 Å². The zero-order chi connectivity index (χ0) is 13.0. The van der Waals surface area contributed by atoms with Gasteiger partial charge in [-0.05, 0) is 24.6 Å². The van der Waals surface area contributed by atoms with Gasteiger partial charge in [0.25, 0.3) is 0 Å². The molecule has 0 radical (unpaired) electrons. The molecule has 2 rings (SSSR count). The van der Waals surface area contributed by atoms with Crippen LogP contribution in [0, 0.1) is 0 Å². The number of hydrogen-bond donors (Lipinski definition) is 1. The van der Waals surface area contributed by atoms with Crippen molar-refractivity contribution in [1.29, 1.82) is 0 Å². The van der Waals surface area contributed by atoms with E-state index < -0.39 is 0 Å². The Kier molecular flexibility index (Phi) is 4.79. The number of nitrogens with two attached hydrogens (primary N) is 1. The molecule has 1 aromatic heterocycles. The predicted molar refractivity (Wildman–Crippen MR) is 77.3 cm³/mol. The summed E-state index contributed by atoms with van der Waals surface area (Å²) in [4.78, 5) is 0. The van der Waals surface area contributed by atoms with E-state index in [4.69, 9.17) is 5.73 Å². The fraction of sp³-hybridized carbons (Fsp3) is 0.333. The van der Waals surface area contributed by atoms with Gasteiger partial charge >= 0.3 is 0 Å². The Labute approximate surface area is 119 Å². The number of benzene rings is 1. The van der Waals surface area contributed by atoms with Crippen LogP contribution in [0.25, 0.3) is 0 Å². The summed E-state index contributed by atoms with van der Waals surface area (Å²) in [5.41, 5.74) is 6.89. The highest BCUT2D eigenvalue weighted by Crippen LogP contribution is 2.23. The van der Waals surface area contributed by atoms with Crippen LogP contribution in [0.2, 0.25) is 0 Å². The molecule has 0 spiro atoms. The quantitative estimate of drug-likeness (QED) is 0.858. The molecule has 4 nitrogen and oxygen atoms in total. The van der Waals surface area contributed by atoms with E-state index >= 15 is 0 Å². The Morgan fingerprint density at radius 1 is 1.39 bits per heavy atom. The average Bonchev–Trinajstić information content (AvgIpc) is 2.78. The van der Waals surface area contributed by atoms with Gasteiger partial charge in [0, 0.05) is 16.8 Å². The zero-order valence-corrected chi connectivity index (χ0v) is 12.5. The average molecular weight is 327 g/mol. The minimum Gasteiger partial charge on any atom is -0.324 e. The maximum Gasteiger partial charge on any atom is 0.191 e. The summed E-state index contributed by atoms with van der Waals surface area (Å²) in [6, 6.07) is 8.28. The van der Waals surface area contributed by atoms with E-state index in [1.165, 1.54) is 5.56 Å². The zero-order valence-electron chi connectivity index (χ0n) is 10.1. The normalized spacial score (nSPS) is 10.8. The lowest BCUT2D eigenvalue weighted by Crippen LogP contribution is -2.08. The number of aromatic nitrogens is 3. The maximum absolute atomic E-state index is 5.63. The number of halogens is 1. The van der Waals surface area contributed by atoms with Crippen LogP contribution in [0.5, 0.6) is 0 Å². The number of hydrogen-bond acceptors (Lipinski definition) is 4. The molecule has 0 aliphatic heterocycles. The van der Waals surface area contributed by atoms with Gasteiger partial charge in [0.2, 0.25) is 0 Å². The van der Waals surface area contributed by atoms with Crippen LogP contribution in [0.1, 0.15) is 18.3 Å². The molecule has 2 aromatic rings. The second-order valence-electron chi connectivity index (χ2n) is 3.77. The predicted octanol–water partition coefficient (Wildman–Crippen LogP) is 2.81. The Bertz CT molecular complexity index is 527. The molecule has 0 bridgehead atoms. The smallest absolute Gasteiger partial charge is 0.191 e. The molecule has 0 atom stereocenters. The summed E-state index contributed by atoms with van der Waals surface area (Å²) >= 11 is 5.16. The third-order valence-electron chi connectivity index (χ3n) is 2.55. The summed E-state index contributed by atoms with van der Waals surface area (Å²) in [5.74, 6) is 1.72. The number of nitrogens with zero attached hydrogens (tertiary/aromatic N) is 3. The van der Waals surface area contributed by atoms with Gasteiger partial charge in [0.15, 0.2) is 5.16 Å². The Hall–Kier alpha value is -0.850. The topological polar surface area (TPSA) is 56.7 Å². The van der Waals surface area contributed by atoms with E-state index in [0.29, 0.717) is 6.54 Å². The SMILES string of the molecule is CCn1c(CN)nnc1SCc1cccc(Br)c1. The van der Waals surface area contributed by atoms with Crippen molar-refractivity contribution in [2.24, 2.45) is 5.73 Å². The molecule has 6 heteroatoms. The van der Waals surface area contributed by atoms with Crippen LogP contribution in [-0.4, -0.2) is 14.8 Å². The summed E-state index contributed by atoms with van der Waals surface area (Å²) in [6.45, 7) is 3.35. The first kappa shape index (κ1) is 13.6. The lowest BCUT2D eigenvalue weighted by Gasteiger charge is -2.06. The number of thioether (sulfide) groups is 1. The van der Waals surface area contributed by atoms with Gasteiger partial charge in [-0.1, -0.05) is 39.8 Å². The molecule has 0 unspecified atom stereocenters. The van der Waals surface area contributed by atoms with Gasteiger partial charge in [-0.15, -0.1) is 10.2 Å². The van der Waals surface area contributed by atoms with Crippen LogP contribution < -0.4 is 5.73 Å². The fourth-order valence-corrected chi connectivity index (χ4v) is 3.08.